The Morgan fingerprint density at radius 3 is 2.63 bits per heavy atom. The Kier molecular flexibility index (Phi) is 3.61. The fourth-order valence-corrected chi connectivity index (χ4v) is 1.72. The number of hydrogen-bond donors (Lipinski definition) is 0. The van der Waals surface area contributed by atoms with Gasteiger partial charge < -0.3 is 4.57 Å². The summed E-state index contributed by atoms with van der Waals surface area (Å²) in [6.45, 7) is -0.0601. The van der Waals surface area contributed by atoms with Crippen LogP contribution in [0.1, 0.15) is 11.1 Å². The predicted molar refractivity (Wildman–Crippen MR) is 64.1 cm³/mol. The second-order valence-electron chi connectivity index (χ2n) is 3.84. The molecule has 0 aliphatic carbocycles. The lowest BCUT2D eigenvalue weighted by Crippen LogP contribution is -2.22. The molecule has 0 atom stereocenters. The van der Waals surface area contributed by atoms with Crippen molar-refractivity contribution >= 4 is 11.6 Å². The van der Waals surface area contributed by atoms with Crippen molar-refractivity contribution in [1.29, 1.82) is 0 Å². The Labute approximate surface area is 111 Å². The fourth-order valence-electron chi connectivity index (χ4n) is 1.54. The van der Waals surface area contributed by atoms with Crippen molar-refractivity contribution in [3.8, 4) is 0 Å². The first-order chi connectivity index (χ1) is 8.88. The molecule has 0 aliphatic heterocycles. The summed E-state index contributed by atoms with van der Waals surface area (Å²) in [5.41, 5.74) is -0.939. The molecule has 2 aromatic rings. The van der Waals surface area contributed by atoms with E-state index < -0.39 is 17.3 Å². The molecule has 2 heterocycles. The second kappa shape index (κ2) is 5.05. The van der Waals surface area contributed by atoms with Gasteiger partial charge in [0.05, 0.1) is 12.1 Å². The highest BCUT2D eigenvalue weighted by atomic mass is 35.5. The molecule has 0 aliphatic rings. The van der Waals surface area contributed by atoms with Gasteiger partial charge in [-0.1, -0.05) is 17.7 Å². The van der Waals surface area contributed by atoms with Crippen LogP contribution in [0.3, 0.4) is 0 Å². The molecule has 0 unspecified atom stereocenters. The van der Waals surface area contributed by atoms with E-state index in [9.17, 15) is 18.0 Å². The summed E-state index contributed by atoms with van der Waals surface area (Å²) in [4.78, 5) is 15.4. The zero-order valence-electron chi connectivity index (χ0n) is 9.49. The first-order valence-electron chi connectivity index (χ1n) is 5.25. The highest BCUT2D eigenvalue weighted by Crippen LogP contribution is 2.28. The lowest BCUT2D eigenvalue weighted by atomic mass is 10.2. The van der Waals surface area contributed by atoms with Crippen molar-refractivity contribution in [1.82, 2.24) is 9.55 Å². The van der Waals surface area contributed by atoms with Gasteiger partial charge in [-0.05, 0) is 12.1 Å². The molecule has 0 amide bonds. The summed E-state index contributed by atoms with van der Waals surface area (Å²) >= 11 is 5.81. The van der Waals surface area contributed by atoms with Gasteiger partial charge in [0.2, 0.25) is 0 Å². The maximum absolute atomic E-state index is 12.6. The van der Waals surface area contributed by atoms with Gasteiger partial charge in [0.1, 0.15) is 5.15 Å². The van der Waals surface area contributed by atoms with Gasteiger partial charge in [-0.2, -0.15) is 13.2 Å². The number of halogens is 4. The van der Waals surface area contributed by atoms with Crippen LogP contribution in [0.4, 0.5) is 13.2 Å². The lowest BCUT2D eigenvalue weighted by Gasteiger charge is -2.11. The molecule has 0 fully saturated rings. The van der Waals surface area contributed by atoms with Crippen LogP contribution in [-0.2, 0) is 12.7 Å². The third-order valence-electron chi connectivity index (χ3n) is 2.49. The standard InChI is InChI=1S/C12H8ClF3N2O/c13-11-8(2-1-5-17-11)6-18-7-9(12(14,15)16)3-4-10(18)19/h1-5,7H,6H2. The van der Waals surface area contributed by atoms with Crippen molar-refractivity contribution in [2.75, 3.05) is 0 Å². The van der Waals surface area contributed by atoms with E-state index in [1.54, 1.807) is 12.1 Å². The summed E-state index contributed by atoms with van der Waals surface area (Å²) in [6, 6.07) is 4.83. The SMILES string of the molecule is O=c1ccc(C(F)(F)F)cn1Cc1cccnc1Cl. The average molecular weight is 289 g/mol. The van der Waals surface area contributed by atoms with E-state index in [1.165, 1.54) is 6.20 Å². The fraction of sp³-hybridized carbons (Fsp3) is 0.167. The van der Waals surface area contributed by atoms with Gasteiger partial charge in [0.15, 0.2) is 0 Å². The number of aromatic nitrogens is 2. The van der Waals surface area contributed by atoms with Crippen LogP contribution in [0.2, 0.25) is 5.15 Å². The molecule has 0 saturated heterocycles. The van der Waals surface area contributed by atoms with Crippen LogP contribution in [0.15, 0.2) is 41.5 Å². The molecule has 7 heteroatoms. The molecule has 0 N–H and O–H groups in total. The number of alkyl halides is 3. The molecule has 0 spiro atoms. The Morgan fingerprint density at radius 2 is 2.00 bits per heavy atom. The molecule has 0 radical (unpaired) electrons. The molecule has 100 valence electrons. The van der Waals surface area contributed by atoms with Gasteiger partial charge in [-0.15, -0.1) is 0 Å². The molecule has 0 aromatic carbocycles. The van der Waals surface area contributed by atoms with E-state index in [1.807, 2.05) is 0 Å². The smallest absolute Gasteiger partial charge is 0.310 e. The number of hydrogen-bond acceptors (Lipinski definition) is 2. The first kappa shape index (κ1) is 13.6. The van der Waals surface area contributed by atoms with Crippen LogP contribution >= 0.6 is 11.6 Å². The Morgan fingerprint density at radius 1 is 1.26 bits per heavy atom. The van der Waals surface area contributed by atoms with Crippen molar-refractivity contribution < 1.29 is 13.2 Å². The topological polar surface area (TPSA) is 34.9 Å². The Hall–Kier alpha value is -1.82. The Balaban J connectivity index is 2.41. The average Bonchev–Trinajstić information content (AvgIpc) is 2.33. The number of pyridine rings is 2. The second-order valence-corrected chi connectivity index (χ2v) is 4.19. The van der Waals surface area contributed by atoms with E-state index in [0.717, 1.165) is 22.9 Å². The van der Waals surface area contributed by atoms with Crippen LogP contribution in [-0.4, -0.2) is 9.55 Å². The van der Waals surface area contributed by atoms with Crippen LogP contribution in [0, 0.1) is 0 Å². The van der Waals surface area contributed by atoms with Crippen LogP contribution in [0.5, 0.6) is 0 Å². The normalized spacial score (nSPS) is 11.6. The lowest BCUT2D eigenvalue weighted by molar-refractivity contribution is -0.138. The zero-order valence-corrected chi connectivity index (χ0v) is 10.2. The number of nitrogens with zero attached hydrogens (tertiary/aromatic N) is 2. The minimum absolute atomic E-state index is 0.0601. The van der Waals surface area contributed by atoms with E-state index in [0.29, 0.717) is 5.56 Å². The van der Waals surface area contributed by atoms with Crippen molar-refractivity contribution in [2.45, 2.75) is 12.7 Å². The molecular formula is C12H8ClF3N2O. The van der Waals surface area contributed by atoms with E-state index >= 15 is 0 Å². The van der Waals surface area contributed by atoms with E-state index in [2.05, 4.69) is 4.98 Å². The van der Waals surface area contributed by atoms with Crippen molar-refractivity contribution in [2.24, 2.45) is 0 Å². The summed E-state index contributed by atoms with van der Waals surface area (Å²) in [6.07, 6.45) is -2.26. The van der Waals surface area contributed by atoms with Crippen LogP contribution in [0.25, 0.3) is 0 Å². The Bertz CT molecular complexity index is 652. The van der Waals surface area contributed by atoms with Crippen molar-refractivity contribution in [3.63, 3.8) is 0 Å². The minimum Gasteiger partial charge on any atom is -0.310 e. The van der Waals surface area contributed by atoms with Gasteiger partial charge in [0.25, 0.3) is 5.56 Å². The monoisotopic (exact) mass is 288 g/mol. The maximum atomic E-state index is 12.6. The van der Waals surface area contributed by atoms with Crippen LogP contribution < -0.4 is 5.56 Å². The molecular weight excluding hydrogens is 281 g/mol. The number of rotatable bonds is 2. The quantitative estimate of drug-likeness (QED) is 0.796. The zero-order chi connectivity index (χ0) is 14.0. The predicted octanol–water partition coefficient (Wildman–Crippen LogP) is 2.96. The molecule has 19 heavy (non-hydrogen) atoms. The largest absolute Gasteiger partial charge is 0.417 e. The van der Waals surface area contributed by atoms with Crippen molar-refractivity contribution in [3.05, 3.63) is 63.3 Å². The van der Waals surface area contributed by atoms with Gasteiger partial charge in [-0.3, -0.25) is 4.79 Å². The minimum atomic E-state index is -4.49. The highest BCUT2D eigenvalue weighted by Gasteiger charge is 2.31. The van der Waals surface area contributed by atoms with E-state index in [4.69, 9.17) is 11.6 Å². The van der Waals surface area contributed by atoms with Gasteiger partial charge in [-0.25, -0.2) is 4.98 Å². The molecule has 2 aromatic heterocycles. The summed E-state index contributed by atoms with van der Waals surface area (Å²) in [5.74, 6) is 0. The summed E-state index contributed by atoms with van der Waals surface area (Å²) < 4.78 is 38.6. The first-order valence-corrected chi connectivity index (χ1v) is 5.63. The third-order valence-corrected chi connectivity index (χ3v) is 2.83. The van der Waals surface area contributed by atoms with Gasteiger partial charge in [0, 0.05) is 24.0 Å². The molecule has 0 saturated carbocycles. The van der Waals surface area contributed by atoms with Gasteiger partial charge >= 0.3 is 6.18 Å². The molecule has 3 nitrogen and oxygen atoms in total. The summed E-state index contributed by atoms with van der Waals surface area (Å²) in [5, 5.41) is 0.159. The molecule has 2 rings (SSSR count). The third kappa shape index (κ3) is 3.14. The maximum Gasteiger partial charge on any atom is 0.417 e. The highest BCUT2D eigenvalue weighted by molar-refractivity contribution is 6.30. The van der Waals surface area contributed by atoms with E-state index in [-0.39, 0.29) is 11.7 Å². The summed E-state index contributed by atoms with van der Waals surface area (Å²) in [7, 11) is 0. The molecule has 0 bridgehead atoms.